The summed E-state index contributed by atoms with van der Waals surface area (Å²) >= 11 is 0. The highest BCUT2D eigenvalue weighted by Crippen LogP contribution is 2.37. The summed E-state index contributed by atoms with van der Waals surface area (Å²) in [5.41, 5.74) is 4.03. The Kier molecular flexibility index (Phi) is 6.25. The second-order valence-electron chi connectivity index (χ2n) is 8.57. The quantitative estimate of drug-likeness (QED) is 0.595. The Morgan fingerprint density at radius 3 is 2.28 bits per heavy atom. The molecule has 3 atom stereocenters. The molecule has 4 rings (SSSR count). The molecule has 0 spiro atoms. The van der Waals surface area contributed by atoms with Crippen LogP contribution in [0.25, 0.3) is 6.08 Å². The smallest absolute Gasteiger partial charge is 0.119 e. The van der Waals surface area contributed by atoms with Crippen LogP contribution in [0.1, 0.15) is 57.1 Å². The molecule has 1 heterocycles. The molecule has 0 aromatic heterocycles. The molecule has 0 amide bonds. The van der Waals surface area contributed by atoms with Crippen molar-refractivity contribution in [1.82, 2.24) is 4.90 Å². The molecule has 2 fully saturated rings. The van der Waals surface area contributed by atoms with Crippen molar-refractivity contribution < 1.29 is 9.47 Å². The Bertz CT molecular complexity index is 817. The van der Waals surface area contributed by atoms with E-state index in [0.717, 1.165) is 29.1 Å². The summed E-state index contributed by atoms with van der Waals surface area (Å²) < 4.78 is 11.2. The van der Waals surface area contributed by atoms with Gasteiger partial charge in [-0.1, -0.05) is 42.3 Å². The minimum absolute atomic E-state index is 0.567. The number of ether oxygens (including phenoxy) is 2. The highest BCUT2D eigenvalue weighted by molar-refractivity contribution is 5.55. The summed E-state index contributed by atoms with van der Waals surface area (Å²) in [7, 11) is 1.68. The molecule has 3 nitrogen and oxygen atoms in total. The zero-order valence-electron chi connectivity index (χ0n) is 17.9. The van der Waals surface area contributed by atoms with Gasteiger partial charge in [0.25, 0.3) is 0 Å². The van der Waals surface area contributed by atoms with Crippen molar-refractivity contribution >= 4 is 6.08 Å². The summed E-state index contributed by atoms with van der Waals surface area (Å²) in [6, 6.07) is 18.6. The van der Waals surface area contributed by atoms with Crippen LogP contribution < -0.4 is 9.47 Å². The van der Waals surface area contributed by atoms with Gasteiger partial charge in [0, 0.05) is 18.1 Å². The lowest BCUT2D eigenvalue weighted by atomic mass is 9.82. The Balaban J connectivity index is 1.39. The van der Waals surface area contributed by atoms with Crippen LogP contribution in [-0.2, 0) is 6.61 Å². The zero-order chi connectivity index (χ0) is 20.2. The second-order valence-corrected chi connectivity index (χ2v) is 8.57. The van der Waals surface area contributed by atoms with Crippen LogP contribution in [0, 0.1) is 0 Å². The Morgan fingerprint density at radius 2 is 1.62 bits per heavy atom. The molecule has 1 saturated carbocycles. The molecule has 3 heteroatoms. The van der Waals surface area contributed by atoms with Crippen molar-refractivity contribution in [2.45, 2.75) is 70.7 Å². The molecule has 2 aliphatic rings. The number of hydrogen-bond acceptors (Lipinski definition) is 3. The first kappa shape index (κ1) is 20.0. The van der Waals surface area contributed by atoms with Gasteiger partial charge in [-0.05, 0) is 74.9 Å². The minimum Gasteiger partial charge on any atom is -0.497 e. The zero-order valence-corrected chi connectivity index (χ0v) is 17.9. The van der Waals surface area contributed by atoms with E-state index in [9.17, 15) is 0 Å². The van der Waals surface area contributed by atoms with Gasteiger partial charge in [0.2, 0.25) is 0 Å². The number of methoxy groups -OCH3 is 1. The molecular formula is C26H33NO2. The van der Waals surface area contributed by atoms with Gasteiger partial charge in [-0.3, -0.25) is 4.90 Å². The van der Waals surface area contributed by atoms with E-state index >= 15 is 0 Å². The van der Waals surface area contributed by atoms with E-state index in [-0.39, 0.29) is 0 Å². The van der Waals surface area contributed by atoms with Crippen molar-refractivity contribution in [2.24, 2.45) is 0 Å². The number of benzene rings is 2. The number of rotatable bonds is 6. The van der Waals surface area contributed by atoms with Gasteiger partial charge < -0.3 is 9.47 Å². The fourth-order valence-corrected chi connectivity index (χ4v) is 4.94. The molecule has 2 aromatic rings. The van der Waals surface area contributed by atoms with Gasteiger partial charge in [-0.15, -0.1) is 0 Å². The molecule has 3 unspecified atom stereocenters. The van der Waals surface area contributed by atoms with Gasteiger partial charge in [0.05, 0.1) is 7.11 Å². The molecule has 154 valence electrons. The van der Waals surface area contributed by atoms with E-state index in [0.29, 0.717) is 12.6 Å². The van der Waals surface area contributed by atoms with Crippen LogP contribution in [0.15, 0.2) is 54.1 Å². The predicted octanol–water partition coefficient (Wildman–Crippen LogP) is 6.08. The van der Waals surface area contributed by atoms with Crippen molar-refractivity contribution in [3.05, 3.63) is 65.2 Å². The Labute approximate surface area is 175 Å². The summed E-state index contributed by atoms with van der Waals surface area (Å²) in [5.74, 6) is 1.78. The maximum Gasteiger partial charge on any atom is 0.119 e. The lowest BCUT2D eigenvalue weighted by molar-refractivity contribution is -0.000523. The highest BCUT2D eigenvalue weighted by atomic mass is 16.5. The van der Waals surface area contributed by atoms with Gasteiger partial charge in [-0.2, -0.15) is 0 Å². The van der Waals surface area contributed by atoms with Gasteiger partial charge in [0.1, 0.15) is 18.1 Å². The summed E-state index contributed by atoms with van der Waals surface area (Å²) in [6.45, 7) is 5.32. The summed E-state index contributed by atoms with van der Waals surface area (Å²) in [5, 5.41) is 0. The normalized spacial score (nSPS) is 26.2. The average molecular weight is 392 g/mol. The highest BCUT2D eigenvalue weighted by Gasteiger charge is 2.38. The number of likely N-dealkylation sites (tertiary alicyclic amines) is 1. The van der Waals surface area contributed by atoms with E-state index in [1.807, 2.05) is 24.3 Å². The maximum atomic E-state index is 5.95. The van der Waals surface area contributed by atoms with Crippen LogP contribution in [-0.4, -0.2) is 30.1 Å². The lowest BCUT2D eigenvalue weighted by Crippen LogP contribution is -2.58. The van der Waals surface area contributed by atoms with Crippen molar-refractivity contribution in [3.63, 3.8) is 0 Å². The molecule has 0 radical (unpaired) electrons. The molecule has 2 aromatic carbocycles. The number of nitrogens with zero attached hydrogens (tertiary/aromatic N) is 1. The molecule has 1 saturated heterocycles. The fourth-order valence-electron chi connectivity index (χ4n) is 4.94. The van der Waals surface area contributed by atoms with Gasteiger partial charge in [0.15, 0.2) is 0 Å². The van der Waals surface area contributed by atoms with E-state index in [4.69, 9.17) is 9.47 Å². The van der Waals surface area contributed by atoms with Crippen LogP contribution in [0.5, 0.6) is 11.5 Å². The van der Waals surface area contributed by atoms with Crippen LogP contribution >= 0.6 is 0 Å². The first-order valence-electron chi connectivity index (χ1n) is 11.0. The van der Waals surface area contributed by atoms with Gasteiger partial charge >= 0.3 is 0 Å². The third kappa shape index (κ3) is 4.67. The molecule has 0 bridgehead atoms. The summed E-state index contributed by atoms with van der Waals surface area (Å²) in [6.07, 6.45) is 8.98. The number of hydrogen-bond donors (Lipinski definition) is 0. The minimum atomic E-state index is 0.567. The molecule has 0 N–H and O–H groups in total. The first-order chi connectivity index (χ1) is 14.1. The van der Waals surface area contributed by atoms with Crippen LogP contribution in [0.4, 0.5) is 0 Å². The van der Waals surface area contributed by atoms with Crippen molar-refractivity contribution in [2.75, 3.05) is 7.11 Å². The fraction of sp³-hybridized carbons (Fsp3) is 0.462. The van der Waals surface area contributed by atoms with E-state index in [2.05, 4.69) is 49.1 Å². The van der Waals surface area contributed by atoms with E-state index in [1.54, 1.807) is 12.7 Å². The lowest BCUT2D eigenvalue weighted by Gasteiger charge is -2.52. The largest absolute Gasteiger partial charge is 0.497 e. The van der Waals surface area contributed by atoms with Crippen molar-refractivity contribution in [1.29, 1.82) is 0 Å². The van der Waals surface area contributed by atoms with Crippen molar-refractivity contribution in [3.8, 4) is 11.5 Å². The molecule has 1 aliphatic carbocycles. The topological polar surface area (TPSA) is 21.7 Å². The third-order valence-electron chi connectivity index (χ3n) is 6.48. The summed E-state index contributed by atoms with van der Waals surface area (Å²) in [4.78, 5) is 2.73. The first-order valence-corrected chi connectivity index (χ1v) is 11.0. The Morgan fingerprint density at radius 1 is 0.931 bits per heavy atom. The van der Waals surface area contributed by atoms with Gasteiger partial charge in [-0.25, -0.2) is 0 Å². The van der Waals surface area contributed by atoms with E-state index in [1.165, 1.54) is 37.7 Å². The van der Waals surface area contributed by atoms with E-state index < -0.39 is 0 Å². The SMILES string of the molecule is COc1ccc(COc2ccc(C=C3CCCCC3N3C(C)CC3C)cc2)cc1. The average Bonchev–Trinajstić information content (AvgIpc) is 2.75. The third-order valence-corrected chi connectivity index (χ3v) is 6.48. The molecule has 29 heavy (non-hydrogen) atoms. The van der Waals surface area contributed by atoms with Crippen LogP contribution in [0.3, 0.4) is 0 Å². The predicted molar refractivity (Wildman–Crippen MR) is 119 cm³/mol. The second kappa shape index (κ2) is 9.04. The molecule has 1 aliphatic heterocycles. The standard InChI is InChI=1S/C26H33NO2/c1-19-16-20(2)27(19)26-7-5-4-6-23(26)17-21-8-14-25(15-9-21)29-18-22-10-12-24(28-3)13-11-22/h8-15,17,19-20,26H,4-7,16,18H2,1-3H3. The van der Waals surface area contributed by atoms with Crippen LogP contribution in [0.2, 0.25) is 0 Å². The Hall–Kier alpha value is -2.26. The molecular weight excluding hydrogens is 358 g/mol. The maximum absolute atomic E-state index is 5.95. The monoisotopic (exact) mass is 391 g/mol.